The largest absolute Gasteiger partial charge is 0.506 e. The van der Waals surface area contributed by atoms with Crippen LogP contribution < -0.4 is 0 Å². The number of aromatic nitrogens is 1. The van der Waals surface area contributed by atoms with Crippen LogP contribution >= 0.6 is 27.3 Å². The van der Waals surface area contributed by atoms with E-state index in [-0.39, 0.29) is 11.3 Å². The van der Waals surface area contributed by atoms with E-state index in [0.29, 0.717) is 10.6 Å². The predicted molar refractivity (Wildman–Crippen MR) is 101 cm³/mol. The maximum atomic E-state index is 10.5. The molecule has 0 atom stereocenters. The van der Waals surface area contributed by atoms with E-state index in [9.17, 15) is 10.4 Å². The van der Waals surface area contributed by atoms with Crippen molar-refractivity contribution in [3.63, 3.8) is 0 Å². The number of nitrogens with zero attached hydrogens (tertiary/aromatic N) is 2. The van der Waals surface area contributed by atoms with Crippen molar-refractivity contribution in [1.82, 2.24) is 4.98 Å². The summed E-state index contributed by atoms with van der Waals surface area (Å²) < 4.78 is 0.728. The number of hydrogen-bond donors (Lipinski definition) is 1. The number of benzene rings is 2. The summed E-state index contributed by atoms with van der Waals surface area (Å²) in [6.45, 7) is 2.02. The van der Waals surface area contributed by atoms with Crippen LogP contribution in [-0.4, -0.2) is 10.1 Å². The molecule has 5 heteroatoms. The molecule has 1 aromatic heterocycles. The zero-order valence-corrected chi connectivity index (χ0v) is 15.2. The van der Waals surface area contributed by atoms with Gasteiger partial charge in [-0.1, -0.05) is 58.4 Å². The maximum Gasteiger partial charge on any atom is 0.144 e. The van der Waals surface area contributed by atoms with Crippen LogP contribution in [0.25, 0.3) is 22.6 Å². The van der Waals surface area contributed by atoms with Crippen molar-refractivity contribution in [3.8, 4) is 17.3 Å². The Bertz CT molecular complexity index is 969. The fraction of sp³-hybridized carbons (Fsp3) is 0.0526. The summed E-state index contributed by atoms with van der Waals surface area (Å²) in [5.41, 5.74) is 3.69. The number of aryl methyl sites for hydroxylation is 1. The Labute approximate surface area is 152 Å². The molecule has 3 rings (SSSR count). The zero-order chi connectivity index (χ0) is 17.1. The third-order valence-corrected chi connectivity index (χ3v) is 5.17. The fourth-order valence-electron chi connectivity index (χ4n) is 2.36. The average molecular weight is 397 g/mol. The highest BCUT2D eigenvalue weighted by Gasteiger charge is 2.17. The van der Waals surface area contributed by atoms with Gasteiger partial charge < -0.3 is 5.11 Å². The molecule has 0 aliphatic carbocycles. The van der Waals surface area contributed by atoms with Crippen molar-refractivity contribution < 1.29 is 5.11 Å². The second-order valence-electron chi connectivity index (χ2n) is 5.17. The van der Waals surface area contributed by atoms with Crippen molar-refractivity contribution in [2.24, 2.45) is 0 Å². The quantitative estimate of drug-likeness (QED) is 0.447. The van der Waals surface area contributed by atoms with Crippen LogP contribution in [0, 0.1) is 18.3 Å². The van der Waals surface area contributed by atoms with E-state index in [1.165, 1.54) is 11.3 Å². The molecular formula is C19H13BrN2OS. The second kappa shape index (κ2) is 7.00. The summed E-state index contributed by atoms with van der Waals surface area (Å²) in [4.78, 5) is 4.55. The van der Waals surface area contributed by atoms with E-state index in [1.54, 1.807) is 6.07 Å². The summed E-state index contributed by atoms with van der Waals surface area (Å²) in [5, 5.41) is 22.5. The summed E-state index contributed by atoms with van der Waals surface area (Å²) >= 11 is 4.75. The number of rotatable bonds is 3. The Morgan fingerprint density at radius 2 is 1.88 bits per heavy atom. The Hall–Kier alpha value is -2.42. The van der Waals surface area contributed by atoms with E-state index < -0.39 is 0 Å². The van der Waals surface area contributed by atoms with Gasteiger partial charge in [0.1, 0.15) is 22.4 Å². The van der Waals surface area contributed by atoms with Crippen LogP contribution in [0.2, 0.25) is 0 Å². The van der Waals surface area contributed by atoms with Gasteiger partial charge in [0, 0.05) is 21.0 Å². The molecule has 0 bridgehead atoms. The normalized spacial score (nSPS) is 11.7. The van der Waals surface area contributed by atoms with Crippen molar-refractivity contribution in [2.45, 2.75) is 6.92 Å². The van der Waals surface area contributed by atoms with E-state index in [1.807, 2.05) is 54.8 Å². The van der Waals surface area contributed by atoms with Crippen molar-refractivity contribution in [3.05, 3.63) is 74.5 Å². The van der Waals surface area contributed by atoms with Crippen LogP contribution in [0.3, 0.4) is 0 Å². The van der Waals surface area contributed by atoms with Crippen LogP contribution in [-0.2, 0) is 0 Å². The first-order valence-electron chi connectivity index (χ1n) is 7.22. The lowest BCUT2D eigenvalue weighted by Crippen LogP contribution is -1.91. The summed E-state index contributed by atoms with van der Waals surface area (Å²) in [5.74, 6) is -0.0735. The summed E-state index contributed by atoms with van der Waals surface area (Å²) in [7, 11) is 0. The number of aliphatic hydroxyl groups is 1. The van der Waals surface area contributed by atoms with Gasteiger partial charge in [-0.25, -0.2) is 4.98 Å². The lowest BCUT2D eigenvalue weighted by Gasteiger charge is -2.05. The first kappa shape index (κ1) is 16.4. The van der Waals surface area contributed by atoms with Crippen LogP contribution in [0.1, 0.15) is 16.1 Å². The molecule has 0 fully saturated rings. The minimum atomic E-state index is -0.0735. The van der Waals surface area contributed by atoms with Gasteiger partial charge in [-0.15, -0.1) is 11.3 Å². The molecule has 0 amide bonds. The third-order valence-electron chi connectivity index (χ3n) is 3.62. The van der Waals surface area contributed by atoms with Gasteiger partial charge in [0.05, 0.1) is 5.69 Å². The van der Waals surface area contributed by atoms with Gasteiger partial charge >= 0.3 is 0 Å². The molecule has 0 saturated carbocycles. The zero-order valence-electron chi connectivity index (χ0n) is 12.8. The fourth-order valence-corrected chi connectivity index (χ4v) is 3.65. The minimum absolute atomic E-state index is 0.0735. The Kier molecular flexibility index (Phi) is 4.79. The molecule has 1 heterocycles. The summed E-state index contributed by atoms with van der Waals surface area (Å²) in [6.07, 6.45) is 0. The first-order valence-corrected chi connectivity index (χ1v) is 8.89. The smallest absolute Gasteiger partial charge is 0.144 e. The Morgan fingerprint density at radius 3 is 2.58 bits per heavy atom. The molecule has 1 N–H and O–H groups in total. The number of nitriles is 1. The molecular weight excluding hydrogens is 384 g/mol. The SMILES string of the molecule is Cc1ccccc1-c1csc(/C(C#N)=C(/O)c2ccccc2Br)n1. The molecule has 0 unspecified atom stereocenters. The Morgan fingerprint density at radius 1 is 1.17 bits per heavy atom. The molecule has 3 nitrogen and oxygen atoms in total. The molecule has 0 aliphatic rings. The van der Waals surface area contributed by atoms with E-state index in [2.05, 4.69) is 27.0 Å². The topological polar surface area (TPSA) is 56.9 Å². The number of aliphatic hydroxyl groups excluding tert-OH is 1. The van der Waals surface area contributed by atoms with Gasteiger partial charge in [0.15, 0.2) is 0 Å². The number of halogens is 1. The van der Waals surface area contributed by atoms with Gasteiger partial charge in [0.2, 0.25) is 0 Å². The predicted octanol–water partition coefficient (Wildman–Crippen LogP) is 5.83. The molecule has 2 aromatic carbocycles. The molecule has 0 spiro atoms. The first-order chi connectivity index (χ1) is 11.6. The number of hydrogen-bond acceptors (Lipinski definition) is 4. The highest BCUT2D eigenvalue weighted by molar-refractivity contribution is 9.10. The molecule has 118 valence electrons. The average Bonchev–Trinajstić information content (AvgIpc) is 3.05. The lowest BCUT2D eigenvalue weighted by molar-refractivity contribution is 0.513. The number of thiazole rings is 1. The van der Waals surface area contributed by atoms with Gasteiger partial charge in [-0.05, 0) is 18.6 Å². The maximum absolute atomic E-state index is 10.5. The molecule has 24 heavy (non-hydrogen) atoms. The van der Waals surface area contributed by atoms with Gasteiger partial charge in [-0.3, -0.25) is 0 Å². The van der Waals surface area contributed by atoms with Crippen LogP contribution in [0.4, 0.5) is 0 Å². The number of allylic oxidation sites excluding steroid dienone is 1. The van der Waals surface area contributed by atoms with Crippen LogP contribution in [0.5, 0.6) is 0 Å². The highest BCUT2D eigenvalue weighted by atomic mass is 79.9. The minimum Gasteiger partial charge on any atom is -0.506 e. The third kappa shape index (κ3) is 3.12. The van der Waals surface area contributed by atoms with E-state index >= 15 is 0 Å². The molecule has 3 aromatic rings. The lowest BCUT2D eigenvalue weighted by atomic mass is 10.1. The molecule has 0 saturated heterocycles. The van der Waals surface area contributed by atoms with E-state index in [0.717, 1.165) is 21.3 Å². The van der Waals surface area contributed by atoms with E-state index in [4.69, 9.17) is 0 Å². The Balaban J connectivity index is 2.08. The van der Waals surface area contributed by atoms with Crippen molar-refractivity contribution in [1.29, 1.82) is 5.26 Å². The van der Waals surface area contributed by atoms with Gasteiger partial charge in [0.25, 0.3) is 0 Å². The molecule has 0 radical (unpaired) electrons. The highest BCUT2D eigenvalue weighted by Crippen LogP contribution is 2.32. The van der Waals surface area contributed by atoms with Crippen molar-refractivity contribution in [2.75, 3.05) is 0 Å². The second-order valence-corrected chi connectivity index (χ2v) is 6.88. The van der Waals surface area contributed by atoms with Crippen molar-refractivity contribution >= 4 is 38.6 Å². The molecule has 0 aliphatic heterocycles. The standard InChI is InChI=1S/C19H13BrN2OS/c1-12-6-2-3-7-13(12)17-11-24-19(22-17)15(10-21)18(23)14-8-4-5-9-16(14)20/h2-9,11,23H,1H3/b18-15+. The monoisotopic (exact) mass is 396 g/mol. The van der Waals surface area contributed by atoms with Gasteiger partial charge in [-0.2, -0.15) is 5.26 Å². The van der Waals surface area contributed by atoms with Crippen LogP contribution in [0.15, 0.2) is 58.4 Å². The summed E-state index contributed by atoms with van der Waals surface area (Å²) in [6, 6.07) is 17.3.